The van der Waals surface area contributed by atoms with Crippen molar-refractivity contribution in [3.63, 3.8) is 0 Å². The van der Waals surface area contributed by atoms with Gasteiger partial charge in [0.05, 0.1) is 27.7 Å². The maximum atomic E-state index is 12.3. The quantitative estimate of drug-likeness (QED) is 0.526. The Morgan fingerprint density at radius 1 is 1.31 bits per heavy atom. The zero-order chi connectivity index (χ0) is 18.7. The number of amides is 1. The van der Waals surface area contributed by atoms with Crippen LogP contribution >= 0.6 is 11.3 Å². The summed E-state index contributed by atoms with van der Waals surface area (Å²) in [5, 5.41) is 14.5. The Kier molecular flexibility index (Phi) is 5.24. The van der Waals surface area contributed by atoms with E-state index in [2.05, 4.69) is 10.3 Å². The number of likely N-dealkylation sites (N-methyl/N-ethyl adjacent to an activating group) is 1. The molecule has 134 valence electrons. The second-order valence-electron chi connectivity index (χ2n) is 5.97. The zero-order valence-corrected chi connectivity index (χ0v) is 15.2. The maximum Gasteiger partial charge on any atom is 0.271 e. The molecule has 0 aliphatic heterocycles. The summed E-state index contributed by atoms with van der Waals surface area (Å²) in [6.45, 7) is 2.15. The fourth-order valence-corrected chi connectivity index (χ4v) is 3.60. The summed E-state index contributed by atoms with van der Waals surface area (Å²) in [6.07, 6.45) is 0. The third-order valence-corrected chi connectivity index (χ3v) is 5.27. The fraction of sp³-hybridized carbons (Fsp3) is 0.222. The van der Waals surface area contributed by atoms with Crippen LogP contribution in [0.4, 0.5) is 11.4 Å². The number of hydrogen-bond acceptors (Lipinski definition) is 6. The van der Waals surface area contributed by atoms with Crippen molar-refractivity contribution in [1.29, 1.82) is 0 Å². The van der Waals surface area contributed by atoms with Crippen LogP contribution in [0.15, 0.2) is 48.5 Å². The SMILES string of the molecule is C[C@@H](c1nc2ccccc2s1)N(C)CC(=O)Nc1cccc([N+](=O)[O-])c1. The van der Waals surface area contributed by atoms with Gasteiger partial charge in [-0.1, -0.05) is 18.2 Å². The van der Waals surface area contributed by atoms with Gasteiger partial charge in [0.15, 0.2) is 0 Å². The summed E-state index contributed by atoms with van der Waals surface area (Å²) >= 11 is 1.61. The Hall–Kier alpha value is -2.84. The molecule has 0 saturated carbocycles. The molecule has 0 fully saturated rings. The van der Waals surface area contributed by atoms with Crippen LogP contribution in [-0.4, -0.2) is 34.3 Å². The van der Waals surface area contributed by atoms with E-state index in [9.17, 15) is 14.9 Å². The highest BCUT2D eigenvalue weighted by Gasteiger charge is 2.19. The summed E-state index contributed by atoms with van der Waals surface area (Å²) in [5.74, 6) is -0.235. The lowest BCUT2D eigenvalue weighted by Crippen LogP contribution is -2.32. The lowest BCUT2D eigenvalue weighted by atomic mass is 10.2. The third-order valence-electron chi connectivity index (χ3n) is 4.06. The van der Waals surface area contributed by atoms with Gasteiger partial charge >= 0.3 is 0 Å². The molecule has 7 nitrogen and oxygen atoms in total. The number of anilines is 1. The van der Waals surface area contributed by atoms with E-state index in [1.165, 1.54) is 12.1 Å². The topological polar surface area (TPSA) is 88.4 Å². The molecule has 0 unspecified atom stereocenters. The van der Waals surface area contributed by atoms with Crippen LogP contribution in [0, 0.1) is 10.1 Å². The second-order valence-corrected chi connectivity index (χ2v) is 7.03. The highest BCUT2D eigenvalue weighted by molar-refractivity contribution is 7.18. The van der Waals surface area contributed by atoms with Crippen molar-refractivity contribution in [3.8, 4) is 0 Å². The van der Waals surface area contributed by atoms with Gasteiger partial charge in [0.2, 0.25) is 5.91 Å². The minimum atomic E-state index is -0.489. The number of rotatable bonds is 6. The molecule has 8 heteroatoms. The van der Waals surface area contributed by atoms with Gasteiger partial charge in [-0.2, -0.15) is 0 Å². The van der Waals surface area contributed by atoms with Crippen molar-refractivity contribution in [2.45, 2.75) is 13.0 Å². The first kappa shape index (κ1) is 18.0. The largest absolute Gasteiger partial charge is 0.325 e. The Labute approximate surface area is 154 Å². The summed E-state index contributed by atoms with van der Waals surface area (Å²) in [5.41, 5.74) is 1.30. The van der Waals surface area contributed by atoms with E-state index >= 15 is 0 Å². The Balaban J connectivity index is 1.64. The van der Waals surface area contributed by atoms with Crippen LogP contribution in [-0.2, 0) is 4.79 Å². The van der Waals surface area contributed by atoms with Crippen LogP contribution in [0.2, 0.25) is 0 Å². The van der Waals surface area contributed by atoms with Crippen LogP contribution in [0.3, 0.4) is 0 Å². The molecule has 0 spiro atoms. The summed E-state index contributed by atoms with van der Waals surface area (Å²) in [7, 11) is 1.85. The molecule has 0 bridgehead atoms. The van der Waals surface area contributed by atoms with E-state index in [-0.39, 0.29) is 24.2 Å². The zero-order valence-electron chi connectivity index (χ0n) is 14.4. The standard InChI is InChI=1S/C18H18N4O3S/c1-12(18-20-15-8-3-4-9-16(15)26-18)21(2)11-17(23)19-13-6-5-7-14(10-13)22(24)25/h3-10,12H,11H2,1-2H3,(H,19,23)/t12-/m0/s1. The average molecular weight is 370 g/mol. The van der Waals surface area contributed by atoms with E-state index in [0.29, 0.717) is 5.69 Å². The third kappa shape index (κ3) is 4.04. The molecular weight excluding hydrogens is 352 g/mol. The van der Waals surface area contributed by atoms with E-state index < -0.39 is 4.92 Å². The number of para-hydroxylation sites is 1. The first-order chi connectivity index (χ1) is 12.4. The number of nitro benzene ring substituents is 1. The average Bonchev–Trinajstić information content (AvgIpc) is 3.05. The van der Waals surface area contributed by atoms with Gasteiger partial charge in [-0.15, -0.1) is 11.3 Å². The van der Waals surface area contributed by atoms with Gasteiger partial charge in [0.1, 0.15) is 5.01 Å². The molecule has 1 N–H and O–H groups in total. The molecule has 0 saturated heterocycles. The van der Waals surface area contributed by atoms with E-state index in [0.717, 1.165) is 15.2 Å². The van der Waals surface area contributed by atoms with E-state index in [1.54, 1.807) is 23.5 Å². The van der Waals surface area contributed by atoms with E-state index in [4.69, 9.17) is 0 Å². The van der Waals surface area contributed by atoms with Gasteiger partial charge in [-0.05, 0) is 32.2 Å². The number of carbonyl (C=O) groups is 1. The van der Waals surface area contributed by atoms with Crippen LogP contribution in [0.5, 0.6) is 0 Å². The number of fused-ring (bicyclic) bond motifs is 1. The predicted octanol–water partition coefficient (Wildman–Crippen LogP) is 3.84. The Morgan fingerprint density at radius 2 is 2.08 bits per heavy atom. The van der Waals surface area contributed by atoms with Crippen molar-refractivity contribution < 1.29 is 9.72 Å². The molecule has 26 heavy (non-hydrogen) atoms. The molecule has 0 aliphatic carbocycles. The highest BCUT2D eigenvalue weighted by atomic mass is 32.1. The molecular formula is C18H18N4O3S. The number of nitrogens with one attached hydrogen (secondary N) is 1. The number of benzene rings is 2. The maximum absolute atomic E-state index is 12.3. The van der Waals surface area contributed by atoms with Gasteiger partial charge in [0, 0.05) is 17.8 Å². The summed E-state index contributed by atoms with van der Waals surface area (Å²) in [4.78, 5) is 29.1. The number of carbonyl (C=O) groups excluding carboxylic acids is 1. The van der Waals surface area contributed by atoms with Gasteiger partial charge < -0.3 is 5.32 Å². The summed E-state index contributed by atoms with van der Waals surface area (Å²) < 4.78 is 1.11. The number of thiazole rings is 1. The van der Waals surface area contributed by atoms with Gasteiger partial charge in [0.25, 0.3) is 5.69 Å². The van der Waals surface area contributed by atoms with Crippen molar-refractivity contribution in [2.24, 2.45) is 0 Å². The minimum Gasteiger partial charge on any atom is -0.325 e. The molecule has 1 heterocycles. The number of nitro groups is 1. The van der Waals surface area contributed by atoms with Crippen LogP contribution in [0.25, 0.3) is 10.2 Å². The molecule has 2 aromatic carbocycles. The molecule has 1 aromatic heterocycles. The monoisotopic (exact) mass is 370 g/mol. The number of nitrogens with zero attached hydrogens (tertiary/aromatic N) is 3. The molecule has 3 aromatic rings. The normalized spacial score (nSPS) is 12.3. The minimum absolute atomic E-state index is 0.0248. The van der Waals surface area contributed by atoms with Gasteiger partial charge in [-0.3, -0.25) is 19.8 Å². The predicted molar refractivity (Wildman–Crippen MR) is 102 cm³/mol. The second kappa shape index (κ2) is 7.59. The lowest BCUT2D eigenvalue weighted by Gasteiger charge is -2.22. The van der Waals surface area contributed by atoms with Gasteiger partial charge in [-0.25, -0.2) is 4.98 Å². The fourth-order valence-electron chi connectivity index (χ4n) is 2.52. The first-order valence-corrected chi connectivity index (χ1v) is 8.85. The molecule has 0 radical (unpaired) electrons. The van der Waals surface area contributed by atoms with Crippen molar-refractivity contribution in [1.82, 2.24) is 9.88 Å². The Bertz CT molecular complexity index is 923. The molecule has 1 amide bonds. The molecule has 0 aliphatic rings. The molecule has 3 rings (SSSR count). The number of hydrogen-bond donors (Lipinski definition) is 1. The lowest BCUT2D eigenvalue weighted by molar-refractivity contribution is -0.384. The van der Waals surface area contributed by atoms with Crippen molar-refractivity contribution >= 4 is 38.8 Å². The van der Waals surface area contributed by atoms with Crippen molar-refractivity contribution in [3.05, 3.63) is 63.7 Å². The van der Waals surface area contributed by atoms with Crippen molar-refractivity contribution in [2.75, 3.05) is 18.9 Å². The summed E-state index contributed by atoms with van der Waals surface area (Å²) in [6, 6.07) is 13.8. The van der Waals surface area contributed by atoms with E-state index in [1.807, 2.05) is 43.1 Å². The number of non-ortho nitro benzene ring substituents is 1. The Morgan fingerprint density at radius 3 is 2.81 bits per heavy atom. The van der Waals surface area contributed by atoms with Crippen LogP contribution in [0.1, 0.15) is 18.0 Å². The first-order valence-electron chi connectivity index (χ1n) is 8.04. The molecule has 1 atom stereocenters. The smallest absolute Gasteiger partial charge is 0.271 e. The van der Waals surface area contributed by atoms with Crippen LogP contribution < -0.4 is 5.32 Å². The highest BCUT2D eigenvalue weighted by Crippen LogP contribution is 2.28. The number of aromatic nitrogens is 1.